The minimum Gasteiger partial charge on any atom is -0.507 e. The fraction of sp³-hybridized carbons (Fsp3) is 0.0588. The summed E-state index contributed by atoms with van der Waals surface area (Å²) in [7, 11) is 0. The summed E-state index contributed by atoms with van der Waals surface area (Å²) in [4.78, 5) is 11.5. The zero-order chi connectivity index (χ0) is 17.3. The number of hydrogen-bond acceptors (Lipinski definition) is 4. The summed E-state index contributed by atoms with van der Waals surface area (Å²) >= 11 is 6.21. The van der Waals surface area contributed by atoms with E-state index in [1.807, 2.05) is 0 Å². The molecule has 3 aromatic rings. The molecule has 0 amide bonds. The number of phenolic OH excluding ortho intramolecular Hbond substituents is 1. The molecule has 0 aliphatic rings. The minimum absolute atomic E-state index is 0.0580. The molecule has 7 heteroatoms. The smallest absolute Gasteiger partial charge is 0.356 e. The molecule has 0 saturated heterocycles. The molecule has 0 unspecified atom stereocenters. The van der Waals surface area contributed by atoms with E-state index in [1.165, 1.54) is 10.7 Å². The zero-order valence-corrected chi connectivity index (χ0v) is 13.1. The second-order valence-electron chi connectivity index (χ2n) is 5.02. The summed E-state index contributed by atoms with van der Waals surface area (Å²) in [5.74, 6) is -1.33. The van der Waals surface area contributed by atoms with Gasteiger partial charge in [0.15, 0.2) is 5.69 Å². The molecule has 0 fully saturated rings. The number of rotatable bonds is 4. The van der Waals surface area contributed by atoms with Crippen molar-refractivity contribution in [2.45, 2.75) is 6.61 Å². The molecule has 24 heavy (non-hydrogen) atoms. The van der Waals surface area contributed by atoms with Gasteiger partial charge in [0, 0.05) is 11.1 Å². The first-order valence-corrected chi connectivity index (χ1v) is 7.41. The van der Waals surface area contributed by atoms with E-state index in [0.717, 1.165) is 0 Å². The second-order valence-corrected chi connectivity index (χ2v) is 5.43. The van der Waals surface area contributed by atoms with Crippen LogP contribution in [-0.2, 0) is 6.61 Å². The van der Waals surface area contributed by atoms with Crippen molar-refractivity contribution in [2.75, 3.05) is 0 Å². The van der Waals surface area contributed by atoms with Crippen LogP contribution in [0.3, 0.4) is 0 Å². The zero-order valence-electron chi connectivity index (χ0n) is 12.3. The summed E-state index contributed by atoms with van der Waals surface area (Å²) < 4.78 is 1.33. The largest absolute Gasteiger partial charge is 0.507 e. The molecule has 0 aliphatic heterocycles. The Kier molecular flexibility index (Phi) is 4.24. The summed E-state index contributed by atoms with van der Waals surface area (Å²) in [6, 6.07) is 13.2. The van der Waals surface area contributed by atoms with Gasteiger partial charge in [0.2, 0.25) is 0 Å². The number of aliphatic hydroxyl groups is 1. The van der Waals surface area contributed by atoms with Crippen molar-refractivity contribution in [3.63, 3.8) is 0 Å². The highest BCUT2D eigenvalue weighted by Crippen LogP contribution is 2.36. The van der Waals surface area contributed by atoms with Crippen molar-refractivity contribution in [3.8, 4) is 22.7 Å². The van der Waals surface area contributed by atoms with Gasteiger partial charge in [-0.2, -0.15) is 5.10 Å². The van der Waals surface area contributed by atoms with E-state index in [9.17, 15) is 20.1 Å². The van der Waals surface area contributed by atoms with E-state index < -0.39 is 12.6 Å². The first-order valence-electron chi connectivity index (χ1n) is 7.04. The predicted molar refractivity (Wildman–Crippen MR) is 88.6 cm³/mol. The molecule has 1 aromatic heterocycles. The number of halogens is 1. The number of aromatic nitrogens is 2. The summed E-state index contributed by atoms with van der Waals surface area (Å²) in [5, 5.41) is 33.7. The minimum atomic E-state index is -1.28. The topological polar surface area (TPSA) is 95.6 Å². The molecule has 2 aromatic carbocycles. The molecular formula is C17H13ClN2O4. The number of hydrogen-bond donors (Lipinski definition) is 3. The maximum atomic E-state index is 11.5. The van der Waals surface area contributed by atoms with E-state index in [-0.39, 0.29) is 22.7 Å². The first kappa shape index (κ1) is 16.0. The number of carboxylic acids is 1. The molecule has 3 rings (SSSR count). The number of phenols is 1. The van der Waals surface area contributed by atoms with Gasteiger partial charge in [-0.3, -0.25) is 0 Å². The van der Waals surface area contributed by atoms with Gasteiger partial charge in [0.05, 0.1) is 23.0 Å². The van der Waals surface area contributed by atoms with Crippen molar-refractivity contribution >= 4 is 17.6 Å². The Bertz CT molecular complexity index is 921. The van der Waals surface area contributed by atoms with E-state index in [4.69, 9.17) is 11.6 Å². The van der Waals surface area contributed by atoms with E-state index in [0.29, 0.717) is 16.3 Å². The third kappa shape index (κ3) is 2.62. The molecule has 122 valence electrons. The lowest BCUT2D eigenvalue weighted by molar-refractivity contribution is 0.0686. The van der Waals surface area contributed by atoms with Gasteiger partial charge in [-0.05, 0) is 24.3 Å². The van der Waals surface area contributed by atoms with Crippen LogP contribution >= 0.6 is 11.6 Å². The molecule has 6 nitrogen and oxygen atoms in total. The molecule has 0 atom stereocenters. The number of nitrogens with zero attached hydrogens (tertiary/aromatic N) is 2. The lowest BCUT2D eigenvalue weighted by Crippen LogP contribution is -2.03. The van der Waals surface area contributed by atoms with Crippen LogP contribution in [0.2, 0.25) is 5.02 Å². The highest BCUT2D eigenvalue weighted by Gasteiger charge is 2.26. The highest BCUT2D eigenvalue weighted by molar-refractivity contribution is 6.32. The van der Waals surface area contributed by atoms with Crippen LogP contribution in [0.5, 0.6) is 5.75 Å². The van der Waals surface area contributed by atoms with Gasteiger partial charge >= 0.3 is 5.97 Å². The average Bonchev–Trinajstić information content (AvgIpc) is 2.95. The van der Waals surface area contributed by atoms with Gasteiger partial charge in [0.1, 0.15) is 5.75 Å². The van der Waals surface area contributed by atoms with Crippen LogP contribution < -0.4 is 0 Å². The maximum Gasteiger partial charge on any atom is 0.356 e. The standard InChI is InChI=1S/C17H13ClN2O4/c18-12-6-2-3-7-13(12)20-16(10-5-1-4-8-14(10)22)11(9-21)15(19-20)17(23)24/h1-8,21-22H,9H2,(H,23,24). The first-order chi connectivity index (χ1) is 11.5. The number of benzene rings is 2. The fourth-order valence-corrected chi connectivity index (χ4v) is 2.74. The highest BCUT2D eigenvalue weighted by atomic mass is 35.5. The normalized spacial score (nSPS) is 10.8. The number of carboxylic acid groups (broad SMARTS) is 1. The number of aromatic carboxylic acids is 1. The molecule has 0 saturated carbocycles. The predicted octanol–water partition coefficient (Wildman–Crippen LogP) is 3.09. The van der Waals surface area contributed by atoms with E-state index in [2.05, 4.69) is 5.10 Å². The SMILES string of the molecule is O=C(O)c1nn(-c2ccccc2Cl)c(-c2ccccc2O)c1CO. The van der Waals surface area contributed by atoms with Crippen molar-refractivity contribution in [1.82, 2.24) is 9.78 Å². The second kappa shape index (κ2) is 6.35. The quantitative estimate of drug-likeness (QED) is 0.676. The molecule has 0 radical (unpaired) electrons. The number of aromatic hydroxyl groups is 1. The summed E-state index contributed by atoms with van der Waals surface area (Å²) in [6.45, 7) is -0.546. The monoisotopic (exact) mass is 344 g/mol. The van der Waals surface area contributed by atoms with Crippen LogP contribution in [0.15, 0.2) is 48.5 Å². The van der Waals surface area contributed by atoms with Crippen LogP contribution in [-0.4, -0.2) is 31.1 Å². The molecule has 0 bridgehead atoms. The van der Waals surface area contributed by atoms with Gasteiger partial charge < -0.3 is 15.3 Å². The average molecular weight is 345 g/mol. The van der Waals surface area contributed by atoms with Crippen molar-refractivity contribution in [2.24, 2.45) is 0 Å². The van der Waals surface area contributed by atoms with E-state index >= 15 is 0 Å². The number of aliphatic hydroxyl groups excluding tert-OH is 1. The summed E-state index contributed by atoms with van der Waals surface area (Å²) in [5.41, 5.74) is 0.877. The third-order valence-corrected chi connectivity index (χ3v) is 3.90. The molecule has 0 aliphatic carbocycles. The molecule has 0 spiro atoms. The fourth-order valence-electron chi connectivity index (χ4n) is 2.52. The van der Waals surface area contributed by atoms with Crippen LogP contribution in [0.25, 0.3) is 16.9 Å². The van der Waals surface area contributed by atoms with E-state index in [1.54, 1.807) is 42.5 Å². The lowest BCUT2D eigenvalue weighted by atomic mass is 10.0. The van der Waals surface area contributed by atoms with Crippen LogP contribution in [0.1, 0.15) is 16.1 Å². The van der Waals surface area contributed by atoms with Crippen LogP contribution in [0.4, 0.5) is 0 Å². The van der Waals surface area contributed by atoms with Gasteiger partial charge in [-0.25, -0.2) is 9.48 Å². The third-order valence-electron chi connectivity index (χ3n) is 3.58. The van der Waals surface area contributed by atoms with Gasteiger partial charge in [-0.1, -0.05) is 35.9 Å². The Labute approximate surface area is 142 Å². The number of para-hydroxylation sites is 2. The Hall–Kier alpha value is -2.83. The number of carbonyl (C=O) groups is 1. The van der Waals surface area contributed by atoms with Gasteiger partial charge in [-0.15, -0.1) is 0 Å². The Morgan fingerprint density at radius 1 is 1.12 bits per heavy atom. The van der Waals surface area contributed by atoms with Crippen molar-refractivity contribution in [1.29, 1.82) is 0 Å². The van der Waals surface area contributed by atoms with Crippen molar-refractivity contribution in [3.05, 3.63) is 64.8 Å². The summed E-state index contributed by atoms with van der Waals surface area (Å²) in [6.07, 6.45) is 0. The lowest BCUT2D eigenvalue weighted by Gasteiger charge is -2.11. The molecule has 3 N–H and O–H groups in total. The molecular weight excluding hydrogens is 332 g/mol. The maximum absolute atomic E-state index is 11.5. The van der Waals surface area contributed by atoms with Crippen LogP contribution in [0, 0.1) is 0 Å². The Balaban J connectivity index is 2.40. The van der Waals surface area contributed by atoms with Gasteiger partial charge in [0.25, 0.3) is 0 Å². The Morgan fingerprint density at radius 3 is 2.42 bits per heavy atom. The Morgan fingerprint density at radius 2 is 1.79 bits per heavy atom. The van der Waals surface area contributed by atoms with Crippen molar-refractivity contribution < 1.29 is 20.1 Å². The molecule has 1 heterocycles.